The van der Waals surface area contributed by atoms with Gasteiger partial charge in [-0.05, 0) is 56.0 Å². The van der Waals surface area contributed by atoms with Crippen LogP contribution in [0.1, 0.15) is 50.2 Å². The van der Waals surface area contributed by atoms with Gasteiger partial charge in [0, 0.05) is 19.6 Å². The monoisotopic (exact) mass is 553 g/mol. The van der Waals surface area contributed by atoms with Crippen LogP contribution >= 0.6 is 23.2 Å². The molecule has 1 N–H and O–H groups in total. The van der Waals surface area contributed by atoms with Crippen molar-refractivity contribution < 1.29 is 18.0 Å². The molecule has 2 aromatic carbocycles. The van der Waals surface area contributed by atoms with Gasteiger partial charge in [0.25, 0.3) is 0 Å². The Balaban J connectivity index is 1.86. The van der Waals surface area contributed by atoms with Crippen molar-refractivity contribution in [3.63, 3.8) is 0 Å². The summed E-state index contributed by atoms with van der Waals surface area (Å²) in [6, 6.07) is 10.8. The molecule has 1 atom stereocenters. The van der Waals surface area contributed by atoms with Gasteiger partial charge in [0.2, 0.25) is 21.8 Å². The average molecular weight is 555 g/mol. The van der Waals surface area contributed by atoms with Crippen molar-refractivity contribution in [1.29, 1.82) is 0 Å². The molecule has 10 heteroatoms. The van der Waals surface area contributed by atoms with Crippen molar-refractivity contribution in [2.24, 2.45) is 0 Å². The molecule has 0 aliphatic heterocycles. The van der Waals surface area contributed by atoms with Gasteiger partial charge in [-0.3, -0.25) is 9.59 Å². The van der Waals surface area contributed by atoms with Crippen LogP contribution in [0, 0.1) is 6.92 Å². The Hall–Kier alpha value is -2.13. The van der Waals surface area contributed by atoms with E-state index in [1.807, 2.05) is 13.8 Å². The van der Waals surface area contributed by atoms with Crippen molar-refractivity contribution in [2.45, 2.75) is 69.5 Å². The van der Waals surface area contributed by atoms with Gasteiger partial charge in [0.15, 0.2) is 0 Å². The van der Waals surface area contributed by atoms with Crippen molar-refractivity contribution in [1.82, 2.24) is 14.5 Å². The number of rotatable bonds is 10. The maximum absolute atomic E-state index is 13.6. The van der Waals surface area contributed by atoms with Crippen LogP contribution in [-0.4, -0.2) is 55.1 Å². The van der Waals surface area contributed by atoms with E-state index in [2.05, 4.69) is 5.32 Å². The lowest BCUT2D eigenvalue weighted by Gasteiger charge is -2.32. The standard InChI is InChI=1S/C26H33Cl2N3O4S/c1-4-24(26(33)29-20-7-5-6-8-20)31(16-19-11-14-22(27)23(28)15-19)25(32)17-30(3)36(34,35)21-12-9-18(2)10-13-21/h9-15,20,24H,4-8,16-17H2,1-3H3,(H,29,33)/t24-/m1/s1. The smallest absolute Gasteiger partial charge is 0.243 e. The summed E-state index contributed by atoms with van der Waals surface area (Å²) >= 11 is 12.2. The molecule has 7 nitrogen and oxygen atoms in total. The van der Waals surface area contributed by atoms with E-state index < -0.39 is 28.5 Å². The molecule has 0 aromatic heterocycles. The molecular weight excluding hydrogens is 521 g/mol. The first-order valence-electron chi connectivity index (χ1n) is 12.1. The number of halogens is 2. The third kappa shape index (κ3) is 7.00. The molecule has 0 spiro atoms. The second-order valence-corrected chi connectivity index (χ2v) is 12.1. The van der Waals surface area contributed by atoms with E-state index in [4.69, 9.17) is 23.2 Å². The van der Waals surface area contributed by atoms with E-state index in [9.17, 15) is 18.0 Å². The van der Waals surface area contributed by atoms with Crippen LogP contribution in [0.15, 0.2) is 47.4 Å². The normalized spacial score (nSPS) is 15.2. The van der Waals surface area contributed by atoms with Crippen molar-refractivity contribution >= 4 is 45.0 Å². The number of amides is 2. The Bertz CT molecular complexity index is 1180. The van der Waals surface area contributed by atoms with Gasteiger partial charge < -0.3 is 10.2 Å². The zero-order chi connectivity index (χ0) is 26.5. The van der Waals surface area contributed by atoms with Crippen molar-refractivity contribution in [3.8, 4) is 0 Å². The molecule has 2 amide bonds. The SMILES string of the molecule is CC[C@H](C(=O)NC1CCCC1)N(Cc1ccc(Cl)c(Cl)c1)C(=O)CN(C)S(=O)(=O)c1ccc(C)cc1. The van der Waals surface area contributed by atoms with Gasteiger partial charge in [0.05, 0.1) is 21.5 Å². The van der Waals surface area contributed by atoms with Gasteiger partial charge in [-0.2, -0.15) is 4.31 Å². The van der Waals surface area contributed by atoms with E-state index in [1.54, 1.807) is 30.3 Å². The largest absolute Gasteiger partial charge is 0.352 e. The van der Waals surface area contributed by atoms with Crippen molar-refractivity contribution in [3.05, 3.63) is 63.6 Å². The Morgan fingerprint density at radius 1 is 1.06 bits per heavy atom. The molecular formula is C26H33Cl2N3O4S. The summed E-state index contributed by atoms with van der Waals surface area (Å²) in [5.74, 6) is -0.713. The quantitative estimate of drug-likeness (QED) is 0.458. The molecule has 1 saturated carbocycles. The molecule has 0 bridgehead atoms. The van der Waals surface area contributed by atoms with Gasteiger partial charge in [-0.1, -0.05) is 66.7 Å². The lowest BCUT2D eigenvalue weighted by Crippen LogP contribution is -2.53. The first kappa shape index (κ1) is 28.4. The van der Waals surface area contributed by atoms with Gasteiger partial charge in [-0.15, -0.1) is 0 Å². The highest BCUT2D eigenvalue weighted by Crippen LogP contribution is 2.25. The molecule has 196 valence electrons. The third-order valence-corrected chi connectivity index (χ3v) is 9.07. The van der Waals surface area contributed by atoms with Crippen molar-refractivity contribution in [2.75, 3.05) is 13.6 Å². The summed E-state index contributed by atoms with van der Waals surface area (Å²) in [6.45, 7) is 3.38. The highest BCUT2D eigenvalue weighted by atomic mass is 35.5. The molecule has 0 saturated heterocycles. The highest BCUT2D eigenvalue weighted by molar-refractivity contribution is 7.89. The Morgan fingerprint density at radius 2 is 1.69 bits per heavy atom. The molecule has 0 heterocycles. The number of likely N-dealkylation sites (N-methyl/N-ethyl adjacent to an activating group) is 1. The lowest BCUT2D eigenvalue weighted by atomic mass is 10.1. The fourth-order valence-electron chi connectivity index (χ4n) is 4.38. The van der Waals surface area contributed by atoms with E-state index in [1.165, 1.54) is 24.1 Å². The maximum Gasteiger partial charge on any atom is 0.243 e. The fourth-order valence-corrected chi connectivity index (χ4v) is 5.82. The zero-order valence-electron chi connectivity index (χ0n) is 20.8. The predicted molar refractivity (Wildman–Crippen MR) is 142 cm³/mol. The topological polar surface area (TPSA) is 86.8 Å². The summed E-state index contributed by atoms with van der Waals surface area (Å²) in [4.78, 5) is 28.3. The number of carbonyl (C=O) groups is 2. The molecule has 0 unspecified atom stereocenters. The van der Waals surface area contributed by atoms with Gasteiger partial charge in [-0.25, -0.2) is 8.42 Å². The van der Waals surface area contributed by atoms with E-state index in [-0.39, 0.29) is 23.4 Å². The number of hydrogen-bond donors (Lipinski definition) is 1. The number of hydrogen-bond acceptors (Lipinski definition) is 4. The maximum atomic E-state index is 13.6. The van der Waals surface area contributed by atoms with E-state index in [0.717, 1.165) is 35.6 Å². The molecule has 1 aliphatic rings. The summed E-state index contributed by atoms with van der Waals surface area (Å²) in [7, 11) is -2.53. The number of benzene rings is 2. The molecule has 2 aromatic rings. The first-order valence-corrected chi connectivity index (χ1v) is 14.3. The minimum Gasteiger partial charge on any atom is -0.352 e. The van der Waals surface area contributed by atoms with Gasteiger partial charge in [0.1, 0.15) is 6.04 Å². The minimum atomic E-state index is -3.89. The van der Waals surface area contributed by atoms with E-state index in [0.29, 0.717) is 22.0 Å². The summed E-state index contributed by atoms with van der Waals surface area (Å²) in [5.41, 5.74) is 1.62. The third-order valence-electron chi connectivity index (χ3n) is 6.51. The predicted octanol–water partition coefficient (Wildman–Crippen LogP) is 4.79. The number of nitrogens with one attached hydrogen (secondary N) is 1. The molecule has 1 fully saturated rings. The summed E-state index contributed by atoms with van der Waals surface area (Å²) < 4.78 is 27.2. The van der Waals surface area contributed by atoms with E-state index >= 15 is 0 Å². The van der Waals surface area contributed by atoms with Crippen LogP contribution in [0.25, 0.3) is 0 Å². The number of aryl methyl sites for hydroxylation is 1. The second kappa shape index (κ2) is 12.4. The number of sulfonamides is 1. The molecule has 1 aliphatic carbocycles. The fraction of sp³-hybridized carbons (Fsp3) is 0.462. The van der Waals surface area contributed by atoms with Crippen LogP contribution < -0.4 is 5.32 Å². The summed E-state index contributed by atoms with van der Waals surface area (Å²) in [5, 5.41) is 3.79. The van der Waals surface area contributed by atoms with Crippen LogP contribution in [0.3, 0.4) is 0 Å². The highest BCUT2D eigenvalue weighted by Gasteiger charge is 2.33. The molecule has 3 rings (SSSR count). The molecule has 0 radical (unpaired) electrons. The summed E-state index contributed by atoms with van der Waals surface area (Å²) in [6.07, 6.45) is 4.34. The average Bonchev–Trinajstić information content (AvgIpc) is 3.34. The Morgan fingerprint density at radius 3 is 2.28 bits per heavy atom. The second-order valence-electron chi connectivity index (χ2n) is 9.26. The van der Waals surface area contributed by atoms with Crippen LogP contribution in [0.4, 0.5) is 0 Å². The number of carbonyl (C=O) groups excluding carboxylic acids is 2. The number of nitrogens with zero attached hydrogens (tertiary/aromatic N) is 2. The minimum absolute atomic E-state index is 0.0880. The lowest BCUT2D eigenvalue weighted by molar-refractivity contribution is -0.141. The van der Waals surface area contributed by atoms with Crippen LogP contribution in [0.5, 0.6) is 0 Å². The van der Waals surface area contributed by atoms with Gasteiger partial charge >= 0.3 is 0 Å². The van der Waals surface area contributed by atoms with Crippen LogP contribution in [0.2, 0.25) is 10.0 Å². The first-order chi connectivity index (χ1) is 17.0. The Labute approximate surface area is 223 Å². The zero-order valence-corrected chi connectivity index (χ0v) is 23.2. The van der Waals surface area contributed by atoms with Crippen LogP contribution in [-0.2, 0) is 26.2 Å². The Kier molecular flexibility index (Phi) is 9.80. The molecule has 36 heavy (non-hydrogen) atoms.